The highest BCUT2D eigenvalue weighted by atomic mass is 32.2. The van der Waals surface area contributed by atoms with Gasteiger partial charge in [-0.25, -0.2) is 0 Å². The summed E-state index contributed by atoms with van der Waals surface area (Å²) in [4.78, 5) is 32.2. The first-order valence-corrected chi connectivity index (χ1v) is 16.6. The molecule has 3 fully saturated rings. The van der Waals surface area contributed by atoms with Gasteiger partial charge >= 0.3 is 0 Å². The van der Waals surface area contributed by atoms with Crippen LogP contribution < -0.4 is 5.32 Å². The van der Waals surface area contributed by atoms with Crippen molar-refractivity contribution in [3.8, 4) is 0 Å². The molecule has 0 spiro atoms. The first-order valence-electron chi connectivity index (χ1n) is 15.7. The topological polar surface area (TPSA) is 52.7 Å². The van der Waals surface area contributed by atoms with E-state index in [1.165, 1.54) is 48.8 Å². The van der Waals surface area contributed by atoms with E-state index in [1.54, 1.807) is 11.8 Å². The van der Waals surface area contributed by atoms with Crippen LogP contribution in [0.15, 0.2) is 47.4 Å². The predicted molar refractivity (Wildman–Crippen MR) is 171 cm³/mol. The number of nitrogens with zero attached hydrogens (tertiary/aromatic N) is 2. The van der Waals surface area contributed by atoms with Crippen LogP contribution >= 0.6 is 11.8 Å². The van der Waals surface area contributed by atoms with E-state index < -0.39 is 0 Å². The third-order valence-electron chi connectivity index (χ3n) is 9.39. The zero-order valence-corrected chi connectivity index (χ0v) is 26.1. The zero-order valence-electron chi connectivity index (χ0n) is 25.3. The largest absolute Gasteiger partial charge is 0.352 e. The van der Waals surface area contributed by atoms with E-state index in [0.29, 0.717) is 42.0 Å². The van der Waals surface area contributed by atoms with Crippen molar-refractivity contribution in [1.29, 1.82) is 0 Å². The second kappa shape index (κ2) is 13.6. The van der Waals surface area contributed by atoms with E-state index in [0.717, 1.165) is 36.3 Å². The minimum Gasteiger partial charge on any atom is -0.352 e. The summed E-state index contributed by atoms with van der Waals surface area (Å²) in [7, 11) is 0. The number of hydrogen-bond donors (Lipinski definition) is 1. The average molecular weight is 574 g/mol. The van der Waals surface area contributed by atoms with Crippen LogP contribution in [0, 0.1) is 13.8 Å². The molecule has 2 heterocycles. The summed E-state index contributed by atoms with van der Waals surface area (Å²) in [5.74, 6) is 0.107. The summed E-state index contributed by atoms with van der Waals surface area (Å²) in [5.41, 5.74) is 5.34. The zero-order chi connectivity index (χ0) is 28.9. The molecule has 1 saturated carbocycles. The lowest BCUT2D eigenvalue weighted by molar-refractivity contribution is -0.130. The summed E-state index contributed by atoms with van der Waals surface area (Å²) < 4.78 is 0. The number of carbonyl (C=O) groups excluding carboxylic acids is 2. The van der Waals surface area contributed by atoms with Crippen LogP contribution in [-0.2, 0) is 11.3 Å². The molecule has 2 saturated heterocycles. The number of piperidine rings is 1. The molecule has 1 aliphatic carbocycles. The van der Waals surface area contributed by atoms with Crippen molar-refractivity contribution in [2.45, 2.75) is 109 Å². The highest BCUT2D eigenvalue weighted by molar-refractivity contribution is 8.04. The van der Waals surface area contributed by atoms with E-state index >= 15 is 0 Å². The summed E-state index contributed by atoms with van der Waals surface area (Å²) >= 11 is 1.76. The molecule has 5 nitrogen and oxygen atoms in total. The number of likely N-dealkylation sites (tertiary alicyclic amines) is 1. The van der Waals surface area contributed by atoms with Crippen LogP contribution in [0.3, 0.4) is 0 Å². The average Bonchev–Trinajstić information content (AvgIpc) is 2.96. The Balaban J connectivity index is 1.22. The van der Waals surface area contributed by atoms with E-state index in [1.807, 2.05) is 30.3 Å². The Morgan fingerprint density at radius 1 is 0.976 bits per heavy atom. The number of thioether (sulfide) groups is 1. The monoisotopic (exact) mass is 573 g/mol. The van der Waals surface area contributed by atoms with Crippen molar-refractivity contribution < 1.29 is 9.59 Å². The third kappa shape index (κ3) is 7.26. The number of rotatable bonds is 8. The minimum atomic E-state index is -0.0307. The molecule has 0 bridgehead atoms. The van der Waals surface area contributed by atoms with Gasteiger partial charge in [-0.2, -0.15) is 0 Å². The van der Waals surface area contributed by atoms with Gasteiger partial charge in [0, 0.05) is 48.6 Å². The lowest BCUT2D eigenvalue weighted by atomic mass is 9.92. The van der Waals surface area contributed by atoms with Crippen molar-refractivity contribution in [3.05, 3.63) is 75.2 Å². The Labute approximate surface area is 251 Å². The van der Waals surface area contributed by atoms with E-state index in [4.69, 9.17) is 0 Å². The van der Waals surface area contributed by atoms with Gasteiger partial charge in [0.05, 0.1) is 4.91 Å². The first kappa shape index (κ1) is 29.9. The van der Waals surface area contributed by atoms with Crippen molar-refractivity contribution in [2.75, 3.05) is 13.1 Å². The van der Waals surface area contributed by atoms with Crippen molar-refractivity contribution >= 4 is 29.7 Å². The van der Waals surface area contributed by atoms with Gasteiger partial charge < -0.3 is 10.2 Å². The van der Waals surface area contributed by atoms with Crippen LogP contribution in [0.1, 0.15) is 97.8 Å². The van der Waals surface area contributed by atoms with Crippen LogP contribution in [0.2, 0.25) is 0 Å². The summed E-state index contributed by atoms with van der Waals surface area (Å²) in [6.45, 7) is 11.3. The fourth-order valence-corrected chi connectivity index (χ4v) is 8.35. The van der Waals surface area contributed by atoms with Crippen LogP contribution in [0.5, 0.6) is 0 Å². The Bertz CT molecular complexity index is 1250. The molecule has 0 radical (unpaired) electrons. The number of carbonyl (C=O) groups is 2. The molecule has 0 aromatic heterocycles. The Morgan fingerprint density at radius 2 is 1.71 bits per heavy atom. The summed E-state index contributed by atoms with van der Waals surface area (Å²) in [6, 6.07) is 15.8. The second-order valence-corrected chi connectivity index (χ2v) is 13.8. The number of benzene rings is 2. The first-order chi connectivity index (χ1) is 19.8. The van der Waals surface area contributed by atoms with Gasteiger partial charge in [-0.1, -0.05) is 55.2 Å². The molecule has 2 aromatic rings. The maximum atomic E-state index is 13.8. The molecular formula is C35H47N3O2S. The Kier molecular flexibility index (Phi) is 9.92. The highest BCUT2D eigenvalue weighted by Crippen LogP contribution is 2.43. The SMILES string of the molecule is Cc1ccc(C)c(CN2C(=O)/C(=C/c3ccc(C(=O)NCCCN4C(C)CCCC4C)cc3)SC3CCCCC32)c1. The number of fused-ring (bicyclic) bond motifs is 1. The molecule has 1 N–H and O–H groups in total. The molecule has 3 aliphatic rings. The smallest absolute Gasteiger partial charge is 0.260 e. The Morgan fingerprint density at radius 3 is 2.46 bits per heavy atom. The lowest BCUT2D eigenvalue weighted by Gasteiger charge is -2.44. The maximum absolute atomic E-state index is 13.8. The molecule has 41 heavy (non-hydrogen) atoms. The summed E-state index contributed by atoms with van der Waals surface area (Å²) in [5, 5.41) is 3.54. The van der Waals surface area contributed by atoms with E-state index in [2.05, 4.69) is 61.0 Å². The van der Waals surface area contributed by atoms with E-state index in [-0.39, 0.29) is 11.8 Å². The van der Waals surface area contributed by atoms with Crippen LogP contribution in [0.25, 0.3) is 6.08 Å². The molecule has 4 atom stereocenters. The van der Waals surface area contributed by atoms with E-state index in [9.17, 15) is 9.59 Å². The maximum Gasteiger partial charge on any atom is 0.260 e. The van der Waals surface area contributed by atoms with Gasteiger partial charge in [-0.15, -0.1) is 11.8 Å². The number of aryl methyl sites for hydroxylation is 2. The van der Waals surface area contributed by atoms with Gasteiger partial charge in [0.1, 0.15) is 0 Å². The molecule has 5 rings (SSSR count). The number of nitrogens with one attached hydrogen (secondary N) is 1. The van der Waals surface area contributed by atoms with Crippen LogP contribution in [-0.4, -0.2) is 58.1 Å². The molecular weight excluding hydrogens is 526 g/mol. The third-order valence-corrected chi connectivity index (χ3v) is 10.8. The van der Waals surface area contributed by atoms with Crippen LogP contribution in [0.4, 0.5) is 0 Å². The molecule has 220 valence electrons. The van der Waals surface area contributed by atoms with Crippen molar-refractivity contribution in [3.63, 3.8) is 0 Å². The van der Waals surface area contributed by atoms with Gasteiger partial charge in [-0.3, -0.25) is 14.5 Å². The minimum absolute atomic E-state index is 0.0307. The van der Waals surface area contributed by atoms with Gasteiger partial charge in [-0.05, 0) is 94.7 Å². The number of hydrogen-bond acceptors (Lipinski definition) is 4. The second-order valence-electron chi connectivity index (χ2n) is 12.5. The highest BCUT2D eigenvalue weighted by Gasteiger charge is 2.40. The van der Waals surface area contributed by atoms with Gasteiger partial charge in [0.2, 0.25) is 0 Å². The van der Waals surface area contributed by atoms with Crippen molar-refractivity contribution in [1.82, 2.24) is 15.1 Å². The Hall–Kier alpha value is -2.57. The van der Waals surface area contributed by atoms with Gasteiger partial charge in [0.15, 0.2) is 0 Å². The quantitative estimate of drug-likeness (QED) is 0.270. The predicted octanol–water partition coefficient (Wildman–Crippen LogP) is 7.11. The molecule has 2 amide bonds. The normalized spacial score (nSPS) is 26.2. The lowest BCUT2D eigenvalue weighted by Crippen LogP contribution is -2.50. The molecule has 4 unspecified atom stereocenters. The van der Waals surface area contributed by atoms with Gasteiger partial charge in [0.25, 0.3) is 11.8 Å². The standard InChI is InChI=1S/C35H47N3O2S/c1-24-13-14-25(2)30(21-24)23-38-31-11-5-6-12-32(31)41-33(35(38)40)22-28-15-17-29(18-16-28)34(39)36-19-8-20-37-26(3)9-7-10-27(37)4/h13-18,21-22,26-27,31-32H,5-12,19-20,23H2,1-4H3,(H,36,39)/b33-22-. The fraction of sp³-hybridized carbons (Fsp3) is 0.543. The molecule has 2 aliphatic heterocycles. The fourth-order valence-electron chi connectivity index (χ4n) is 6.88. The molecule has 6 heteroatoms. The number of amides is 2. The van der Waals surface area contributed by atoms with Crippen molar-refractivity contribution in [2.24, 2.45) is 0 Å². The molecule has 2 aromatic carbocycles. The summed E-state index contributed by atoms with van der Waals surface area (Å²) in [6.07, 6.45) is 11.5.